The Balaban J connectivity index is 1.64. The lowest BCUT2D eigenvalue weighted by Gasteiger charge is -2.32. The Bertz CT molecular complexity index is 750. The van der Waals surface area contributed by atoms with Crippen LogP contribution in [0.3, 0.4) is 0 Å². The van der Waals surface area contributed by atoms with Crippen molar-refractivity contribution >= 4 is 16.5 Å². The van der Waals surface area contributed by atoms with Crippen LogP contribution in [-0.2, 0) is 19.8 Å². The van der Waals surface area contributed by atoms with Crippen LogP contribution in [0.1, 0.15) is 18.3 Å². The number of rotatable bonds is 9. The molecule has 0 aliphatic rings. The molecule has 7 heteroatoms. The van der Waals surface area contributed by atoms with Gasteiger partial charge in [0.25, 0.3) is 0 Å². The van der Waals surface area contributed by atoms with Crippen LogP contribution in [0.4, 0.5) is 0 Å². The average molecular weight is 364 g/mol. The fraction of sp³-hybridized carbons (Fsp3) is 0.316. The van der Waals surface area contributed by atoms with Crippen molar-refractivity contribution in [1.29, 1.82) is 0 Å². The zero-order valence-electron chi connectivity index (χ0n) is 15.4. The highest BCUT2D eigenvalue weighted by molar-refractivity contribution is 6.04. The first kappa shape index (κ1) is 18.7. The van der Waals surface area contributed by atoms with Crippen molar-refractivity contribution in [2.75, 3.05) is 6.54 Å². The number of nitrogens with zero attached hydrogens (tertiary/aromatic N) is 6. The van der Waals surface area contributed by atoms with Crippen LogP contribution in [0.25, 0.3) is 0 Å². The monoisotopic (exact) mass is 364 g/mol. The number of hydrogen-bond acceptors (Lipinski definition) is 5. The third kappa shape index (κ3) is 5.75. The minimum Gasteiger partial charge on any atom is -0.384 e. The molecule has 0 radical (unpaired) electrons. The van der Waals surface area contributed by atoms with E-state index < -0.39 is 0 Å². The van der Waals surface area contributed by atoms with Crippen LogP contribution in [0.5, 0.6) is 0 Å². The van der Waals surface area contributed by atoms with Gasteiger partial charge in [-0.3, -0.25) is 19.5 Å². The summed E-state index contributed by atoms with van der Waals surface area (Å²) in [4.78, 5) is 11.3. The summed E-state index contributed by atoms with van der Waals surface area (Å²) < 4.78 is 4.41. The highest BCUT2D eigenvalue weighted by Crippen LogP contribution is 2.10. The molecule has 1 atom stereocenters. The van der Waals surface area contributed by atoms with Gasteiger partial charge in [-0.1, -0.05) is 12.1 Å². The lowest BCUT2D eigenvalue weighted by Crippen LogP contribution is -2.42. The van der Waals surface area contributed by atoms with Crippen molar-refractivity contribution in [3.63, 3.8) is 0 Å². The van der Waals surface area contributed by atoms with E-state index in [9.17, 15) is 0 Å². The van der Waals surface area contributed by atoms with Crippen molar-refractivity contribution in [3.8, 4) is 0 Å². The van der Waals surface area contributed by atoms with Crippen molar-refractivity contribution in [2.45, 2.75) is 32.7 Å². The van der Waals surface area contributed by atoms with E-state index in [0.717, 1.165) is 54.2 Å². The zero-order chi connectivity index (χ0) is 18.2. The van der Waals surface area contributed by atoms with Gasteiger partial charge < -0.3 is 3.88 Å². The fourth-order valence-corrected chi connectivity index (χ4v) is 3.87. The first-order valence-corrected chi connectivity index (χ1v) is 9.80. The Morgan fingerprint density at radius 3 is 2.23 bits per heavy atom. The van der Waals surface area contributed by atoms with E-state index in [0.29, 0.717) is 6.04 Å². The third-order valence-electron chi connectivity index (χ3n) is 4.33. The third-order valence-corrected chi connectivity index (χ3v) is 5.02. The molecule has 0 amide bonds. The number of pyridine rings is 2. The van der Waals surface area contributed by atoms with Crippen molar-refractivity contribution in [3.05, 3.63) is 78.6 Å². The summed E-state index contributed by atoms with van der Waals surface area (Å²) in [6.45, 7) is 5.73. The van der Waals surface area contributed by atoms with E-state index in [1.807, 2.05) is 59.8 Å². The van der Waals surface area contributed by atoms with Crippen LogP contribution in [0, 0.1) is 0 Å². The van der Waals surface area contributed by atoms with Crippen LogP contribution >= 0.6 is 0 Å². The van der Waals surface area contributed by atoms with E-state index in [1.165, 1.54) is 0 Å². The Kier molecular flexibility index (Phi) is 6.92. The fourth-order valence-electron chi connectivity index (χ4n) is 3.01. The van der Waals surface area contributed by atoms with Crippen LogP contribution in [0.2, 0.25) is 0 Å². The van der Waals surface area contributed by atoms with Crippen LogP contribution in [0.15, 0.2) is 67.3 Å². The highest BCUT2D eigenvalue weighted by atomic mass is 27.1. The van der Waals surface area contributed by atoms with Crippen LogP contribution in [-0.4, -0.2) is 57.6 Å². The molecule has 3 rings (SSSR count). The molecule has 3 aromatic heterocycles. The van der Waals surface area contributed by atoms with Crippen LogP contribution < -0.4 is 0 Å². The molecule has 0 saturated carbocycles. The lowest BCUT2D eigenvalue weighted by atomic mass is 10.2. The second-order valence-electron chi connectivity index (χ2n) is 6.62. The minimum atomic E-state index is 0.377. The molecule has 0 saturated heterocycles. The average Bonchev–Trinajstić information content (AvgIpc) is 3.16. The molecule has 134 valence electrons. The van der Waals surface area contributed by atoms with Gasteiger partial charge in [0.1, 0.15) is 0 Å². The highest BCUT2D eigenvalue weighted by Gasteiger charge is 2.17. The molecular formula is C19H25AlN6. The van der Waals surface area contributed by atoms with Gasteiger partial charge >= 0.3 is 16.5 Å². The molecule has 0 bridgehead atoms. The van der Waals surface area contributed by atoms with Gasteiger partial charge in [0.15, 0.2) is 0 Å². The van der Waals surface area contributed by atoms with Gasteiger partial charge in [-0.05, 0) is 43.8 Å². The van der Waals surface area contributed by atoms with Crippen molar-refractivity contribution < 1.29 is 0 Å². The van der Waals surface area contributed by atoms with E-state index in [4.69, 9.17) is 0 Å². The van der Waals surface area contributed by atoms with E-state index in [-0.39, 0.29) is 0 Å². The molecule has 0 N–H and O–H groups in total. The first-order chi connectivity index (χ1) is 12.7. The molecule has 3 heterocycles. The maximum atomic E-state index is 4.49. The smallest absolute Gasteiger partial charge is 0.322 e. The largest absolute Gasteiger partial charge is 0.384 e. The van der Waals surface area contributed by atoms with Gasteiger partial charge in [0.05, 0.1) is 18.1 Å². The SMILES string of the molecule is CC(C[N]([AlH2])Cc1ccccn1)N(Cc1ccccn1)Cn1cccn1. The normalized spacial score (nSPS) is 12.6. The van der Waals surface area contributed by atoms with E-state index in [2.05, 4.69) is 42.9 Å². The molecule has 1 unspecified atom stereocenters. The van der Waals surface area contributed by atoms with E-state index in [1.54, 1.807) is 0 Å². The second kappa shape index (κ2) is 9.60. The molecule has 0 fully saturated rings. The summed E-state index contributed by atoms with van der Waals surface area (Å²) in [6.07, 6.45) is 7.54. The quantitative estimate of drug-likeness (QED) is 0.540. The summed E-state index contributed by atoms with van der Waals surface area (Å²) in [5.41, 5.74) is 2.20. The molecular weight excluding hydrogens is 339 g/mol. The predicted octanol–water partition coefficient (Wildman–Crippen LogP) is 1.57. The molecule has 0 spiro atoms. The molecule has 0 aliphatic carbocycles. The molecule has 0 aromatic carbocycles. The Morgan fingerprint density at radius 1 is 0.962 bits per heavy atom. The Morgan fingerprint density at radius 2 is 1.65 bits per heavy atom. The zero-order valence-corrected chi connectivity index (χ0v) is 17.4. The Labute approximate surface area is 163 Å². The molecule has 3 aromatic rings. The van der Waals surface area contributed by atoms with Gasteiger partial charge in [-0.25, -0.2) is 0 Å². The molecule has 0 aliphatic heterocycles. The maximum absolute atomic E-state index is 4.49. The van der Waals surface area contributed by atoms with E-state index >= 15 is 0 Å². The summed E-state index contributed by atoms with van der Waals surface area (Å²) in [5.74, 6) is 0. The summed E-state index contributed by atoms with van der Waals surface area (Å²) >= 11 is 0.997. The van der Waals surface area contributed by atoms with Gasteiger partial charge in [0, 0.05) is 43.9 Å². The van der Waals surface area contributed by atoms with Gasteiger partial charge in [0.2, 0.25) is 0 Å². The van der Waals surface area contributed by atoms with Crippen molar-refractivity contribution in [2.24, 2.45) is 0 Å². The predicted molar refractivity (Wildman–Crippen MR) is 105 cm³/mol. The Hall–Kier alpha value is -2.04. The summed E-state index contributed by atoms with van der Waals surface area (Å²) in [6, 6.07) is 14.5. The maximum Gasteiger partial charge on any atom is 0.322 e. The minimum absolute atomic E-state index is 0.377. The summed E-state index contributed by atoms with van der Waals surface area (Å²) in [5, 5.41) is 4.37. The summed E-state index contributed by atoms with van der Waals surface area (Å²) in [7, 11) is 0. The topological polar surface area (TPSA) is 50.1 Å². The van der Waals surface area contributed by atoms with Gasteiger partial charge in [-0.2, -0.15) is 5.10 Å². The molecule has 26 heavy (non-hydrogen) atoms. The molecule has 6 nitrogen and oxygen atoms in total. The second-order valence-corrected chi connectivity index (χ2v) is 7.89. The lowest BCUT2D eigenvalue weighted by molar-refractivity contribution is 0.125. The van der Waals surface area contributed by atoms with Gasteiger partial charge in [-0.15, -0.1) is 0 Å². The van der Waals surface area contributed by atoms with Crippen molar-refractivity contribution in [1.82, 2.24) is 28.5 Å². The standard InChI is InChI=1S/C19H23N6.Al.2H/c1-17(13-20-14-18-7-2-4-9-21-18)24(16-25-12-6-11-23-25)15-19-8-3-5-10-22-19;;;/h2-12,17H,13-16H2,1H3;;;/q-1;+1;;. The number of hydrogen-bond donors (Lipinski definition) is 0. The number of aromatic nitrogens is 4. The first-order valence-electron chi connectivity index (χ1n) is 8.90.